The van der Waals surface area contributed by atoms with Crippen LogP contribution in [0.1, 0.15) is 18.9 Å². The third-order valence-electron chi connectivity index (χ3n) is 2.25. The molecule has 2 nitrogen and oxygen atoms in total. The van der Waals surface area contributed by atoms with Gasteiger partial charge in [0.25, 0.3) is 0 Å². The van der Waals surface area contributed by atoms with Crippen LogP contribution in [0.2, 0.25) is 0 Å². The molecule has 0 unspecified atom stereocenters. The van der Waals surface area contributed by atoms with Gasteiger partial charge < -0.3 is 4.90 Å². The summed E-state index contributed by atoms with van der Waals surface area (Å²) >= 11 is 3.31. The van der Waals surface area contributed by atoms with Crippen molar-refractivity contribution in [2.45, 2.75) is 19.5 Å². The lowest BCUT2D eigenvalue weighted by Gasteiger charge is -2.22. The van der Waals surface area contributed by atoms with Crippen molar-refractivity contribution in [1.82, 2.24) is 4.98 Å². The Labute approximate surface area is 107 Å². The Morgan fingerprint density at radius 3 is 2.41 bits per heavy atom. The van der Waals surface area contributed by atoms with Crippen molar-refractivity contribution in [3.63, 3.8) is 0 Å². The molecule has 1 heterocycles. The van der Waals surface area contributed by atoms with Crippen LogP contribution in [0, 0.1) is 0 Å². The lowest BCUT2D eigenvalue weighted by Crippen LogP contribution is -2.27. The fourth-order valence-electron chi connectivity index (χ4n) is 1.45. The van der Waals surface area contributed by atoms with Crippen molar-refractivity contribution in [2.24, 2.45) is 0 Å². The van der Waals surface area contributed by atoms with Crippen LogP contribution >= 0.6 is 15.9 Å². The minimum atomic E-state index is -4.32. The van der Waals surface area contributed by atoms with E-state index in [0.717, 1.165) is 37.1 Å². The van der Waals surface area contributed by atoms with Crippen molar-refractivity contribution in [3.05, 3.63) is 23.9 Å². The molecule has 0 aliphatic carbocycles. The zero-order valence-electron chi connectivity index (χ0n) is 9.47. The summed E-state index contributed by atoms with van der Waals surface area (Å²) in [4.78, 5) is 5.82. The molecule has 0 atom stereocenters. The second-order valence-corrected chi connectivity index (χ2v) is 4.37. The first-order chi connectivity index (χ1) is 7.99. The van der Waals surface area contributed by atoms with E-state index >= 15 is 0 Å². The number of anilines is 1. The Bertz CT molecular complexity index is 332. The van der Waals surface area contributed by atoms with Crippen LogP contribution in [0.5, 0.6) is 0 Å². The van der Waals surface area contributed by atoms with Gasteiger partial charge in [-0.2, -0.15) is 13.2 Å². The molecule has 6 heteroatoms. The predicted octanol–water partition coefficient (Wildman–Crippen LogP) is 3.71. The summed E-state index contributed by atoms with van der Waals surface area (Å²) in [7, 11) is 0. The predicted molar refractivity (Wildman–Crippen MR) is 65.5 cm³/mol. The molecule has 0 spiro atoms. The normalized spacial score (nSPS) is 11.6. The van der Waals surface area contributed by atoms with Gasteiger partial charge in [0.15, 0.2) is 0 Å². The molecular formula is C11H14BrF3N2. The molecule has 1 aromatic heterocycles. The maximum Gasteiger partial charge on any atom is 0.417 e. The van der Waals surface area contributed by atoms with Crippen LogP contribution < -0.4 is 4.90 Å². The number of nitrogens with zero attached hydrogens (tertiary/aromatic N) is 2. The molecule has 0 bridgehead atoms. The highest BCUT2D eigenvalue weighted by Gasteiger charge is 2.30. The maximum atomic E-state index is 12.4. The average molecular weight is 311 g/mol. The Balaban J connectivity index is 2.84. The highest BCUT2D eigenvalue weighted by Crippen LogP contribution is 2.29. The molecule has 0 aromatic carbocycles. The van der Waals surface area contributed by atoms with E-state index in [9.17, 15) is 13.2 Å². The number of halogens is 4. The van der Waals surface area contributed by atoms with E-state index in [1.165, 1.54) is 6.07 Å². The standard InChI is InChI=1S/C11H14BrF3N2/c1-2-6-17(7-5-12)10-4-3-9(8-16-10)11(13,14)15/h3-4,8H,2,5-7H2,1H3. The lowest BCUT2D eigenvalue weighted by molar-refractivity contribution is -0.137. The number of pyridine rings is 1. The van der Waals surface area contributed by atoms with Crippen molar-refractivity contribution >= 4 is 21.7 Å². The summed E-state index contributed by atoms with van der Waals surface area (Å²) in [5, 5.41) is 0.760. The Hall–Kier alpha value is -0.780. The Morgan fingerprint density at radius 2 is 2.00 bits per heavy atom. The maximum absolute atomic E-state index is 12.4. The summed E-state index contributed by atoms with van der Waals surface area (Å²) in [6, 6.07) is 2.49. The van der Waals surface area contributed by atoms with Crippen LogP contribution in [0.15, 0.2) is 18.3 Å². The van der Waals surface area contributed by atoms with Crippen LogP contribution in [-0.4, -0.2) is 23.4 Å². The summed E-state index contributed by atoms with van der Waals surface area (Å²) < 4.78 is 37.1. The fourth-order valence-corrected chi connectivity index (χ4v) is 1.88. The molecule has 0 aliphatic heterocycles. The van der Waals surface area contributed by atoms with E-state index in [4.69, 9.17) is 0 Å². The van der Waals surface area contributed by atoms with Gasteiger partial charge in [-0.1, -0.05) is 22.9 Å². The quantitative estimate of drug-likeness (QED) is 0.771. The van der Waals surface area contributed by atoms with Crippen LogP contribution in [0.4, 0.5) is 19.0 Å². The molecule has 0 aliphatic rings. The average Bonchev–Trinajstić information content (AvgIpc) is 2.28. The molecule has 17 heavy (non-hydrogen) atoms. The largest absolute Gasteiger partial charge is 0.417 e. The van der Waals surface area contributed by atoms with Crippen molar-refractivity contribution in [2.75, 3.05) is 23.3 Å². The molecule has 0 fully saturated rings. The molecule has 0 saturated carbocycles. The number of hydrogen-bond donors (Lipinski definition) is 0. The zero-order chi connectivity index (χ0) is 12.9. The Morgan fingerprint density at radius 1 is 1.29 bits per heavy atom. The van der Waals surface area contributed by atoms with Gasteiger partial charge in [-0.15, -0.1) is 0 Å². The molecule has 96 valence electrons. The molecular weight excluding hydrogens is 297 g/mol. The van der Waals surface area contributed by atoms with Gasteiger partial charge in [-0.25, -0.2) is 4.98 Å². The number of alkyl halides is 4. The van der Waals surface area contributed by atoms with E-state index in [1.807, 2.05) is 11.8 Å². The third kappa shape index (κ3) is 4.18. The summed E-state index contributed by atoms with van der Waals surface area (Å²) in [6.45, 7) is 3.53. The van der Waals surface area contributed by atoms with Crippen LogP contribution in [0.3, 0.4) is 0 Å². The van der Waals surface area contributed by atoms with Gasteiger partial charge in [-0.3, -0.25) is 0 Å². The molecule has 1 aromatic rings. The zero-order valence-corrected chi connectivity index (χ0v) is 11.1. The second kappa shape index (κ2) is 6.23. The van der Waals surface area contributed by atoms with Gasteiger partial charge in [0.2, 0.25) is 0 Å². The van der Waals surface area contributed by atoms with E-state index in [0.29, 0.717) is 5.82 Å². The molecule has 0 amide bonds. The van der Waals surface area contributed by atoms with Gasteiger partial charge in [-0.05, 0) is 18.6 Å². The number of aromatic nitrogens is 1. The van der Waals surface area contributed by atoms with E-state index in [-0.39, 0.29) is 0 Å². The van der Waals surface area contributed by atoms with Crippen molar-refractivity contribution in [3.8, 4) is 0 Å². The third-order valence-corrected chi connectivity index (χ3v) is 2.60. The van der Waals surface area contributed by atoms with Crippen molar-refractivity contribution in [1.29, 1.82) is 0 Å². The van der Waals surface area contributed by atoms with Gasteiger partial charge in [0, 0.05) is 24.6 Å². The molecule has 0 radical (unpaired) electrons. The molecule has 0 saturated heterocycles. The van der Waals surface area contributed by atoms with Crippen LogP contribution in [0.25, 0.3) is 0 Å². The first-order valence-corrected chi connectivity index (χ1v) is 6.45. The highest BCUT2D eigenvalue weighted by molar-refractivity contribution is 9.09. The lowest BCUT2D eigenvalue weighted by atomic mass is 10.2. The van der Waals surface area contributed by atoms with E-state index in [1.54, 1.807) is 0 Å². The first kappa shape index (κ1) is 14.3. The number of rotatable bonds is 5. The highest BCUT2D eigenvalue weighted by atomic mass is 79.9. The van der Waals surface area contributed by atoms with Gasteiger partial charge >= 0.3 is 6.18 Å². The topological polar surface area (TPSA) is 16.1 Å². The smallest absolute Gasteiger partial charge is 0.356 e. The summed E-state index contributed by atoms with van der Waals surface area (Å²) in [5.41, 5.74) is -0.712. The van der Waals surface area contributed by atoms with Gasteiger partial charge in [0.05, 0.1) is 5.56 Å². The van der Waals surface area contributed by atoms with E-state index < -0.39 is 11.7 Å². The summed E-state index contributed by atoms with van der Waals surface area (Å²) in [6.07, 6.45) is -2.52. The number of hydrogen-bond acceptors (Lipinski definition) is 2. The second-order valence-electron chi connectivity index (χ2n) is 3.58. The molecule has 0 N–H and O–H groups in total. The molecule has 1 rings (SSSR count). The minimum Gasteiger partial charge on any atom is -0.356 e. The summed E-state index contributed by atoms with van der Waals surface area (Å²) in [5.74, 6) is 0.583. The fraction of sp³-hybridized carbons (Fsp3) is 0.545. The van der Waals surface area contributed by atoms with E-state index in [2.05, 4.69) is 20.9 Å². The van der Waals surface area contributed by atoms with Gasteiger partial charge in [0.1, 0.15) is 5.82 Å². The van der Waals surface area contributed by atoms with Crippen molar-refractivity contribution < 1.29 is 13.2 Å². The first-order valence-electron chi connectivity index (χ1n) is 5.33. The monoisotopic (exact) mass is 310 g/mol. The SMILES string of the molecule is CCCN(CCBr)c1ccc(C(F)(F)F)cn1. The minimum absolute atomic E-state index is 0.583. The van der Waals surface area contributed by atoms with Crippen LogP contribution in [-0.2, 0) is 6.18 Å². The Kier molecular flexibility index (Phi) is 5.24.